The Kier molecular flexibility index (Phi) is 7.59. The van der Waals surface area contributed by atoms with Crippen molar-refractivity contribution in [2.45, 2.75) is 33.2 Å². The van der Waals surface area contributed by atoms with E-state index >= 15 is 0 Å². The summed E-state index contributed by atoms with van der Waals surface area (Å²) in [6.45, 7) is 5.94. The number of carbonyl (C=O) groups excluding carboxylic acids is 2. The molecule has 0 bridgehead atoms. The van der Waals surface area contributed by atoms with Gasteiger partial charge in [0.25, 0.3) is 0 Å². The van der Waals surface area contributed by atoms with E-state index in [9.17, 15) is 9.59 Å². The maximum absolute atomic E-state index is 12.9. The number of piperidine rings is 1. The Morgan fingerprint density at radius 2 is 2.09 bits per heavy atom. The molecule has 8 nitrogen and oxygen atoms in total. The molecule has 3 aromatic rings. The van der Waals surface area contributed by atoms with E-state index in [-0.39, 0.29) is 18.4 Å². The smallest absolute Gasteiger partial charge is 0.338 e. The predicted octanol–water partition coefficient (Wildman–Crippen LogP) is 4.73. The summed E-state index contributed by atoms with van der Waals surface area (Å²) in [5.41, 5.74) is 2.84. The summed E-state index contributed by atoms with van der Waals surface area (Å²) in [7, 11) is 0. The number of nitrogens with one attached hydrogen (secondary N) is 1. The third-order valence-corrected chi connectivity index (χ3v) is 6.14. The zero-order valence-corrected chi connectivity index (χ0v) is 20.0. The van der Waals surface area contributed by atoms with Crippen molar-refractivity contribution in [1.29, 1.82) is 0 Å². The second-order valence-corrected chi connectivity index (χ2v) is 8.71. The summed E-state index contributed by atoms with van der Waals surface area (Å²) in [6.07, 6.45) is 1.66. The van der Waals surface area contributed by atoms with Gasteiger partial charge in [0.15, 0.2) is 0 Å². The average Bonchev–Trinajstić information content (AvgIpc) is 3.29. The summed E-state index contributed by atoms with van der Waals surface area (Å²) < 4.78 is 10.5. The normalized spacial score (nSPS) is 16.3. The number of rotatable bonds is 7. The molecule has 1 aliphatic heterocycles. The Morgan fingerprint density at radius 3 is 2.85 bits per heavy atom. The van der Waals surface area contributed by atoms with Crippen LogP contribution >= 0.6 is 11.6 Å². The molecule has 1 unspecified atom stereocenters. The molecule has 1 aromatic heterocycles. The van der Waals surface area contributed by atoms with Gasteiger partial charge in [-0.05, 0) is 57.0 Å². The highest BCUT2D eigenvalue weighted by Crippen LogP contribution is 2.26. The molecule has 178 valence electrons. The van der Waals surface area contributed by atoms with Crippen LogP contribution in [-0.4, -0.2) is 46.6 Å². The molecule has 1 N–H and O–H groups in total. The minimum atomic E-state index is -0.447. The van der Waals surface area contributed by atoms with E-state index in [1.807, 2.05) is 31.2 Å². The van der Waals surface area contributed by atoms with Crippen molar-refractivity contribution in [3.8, 4) is 11.4 Å². The summed E-state index contributed by atoms with van der Waals surface area (Å²) >= 11 is 6.30. The molecule has 0 aliphatic carbocycles. The van der Waals surface area contributed by atoms with Crippen molar-refractivity contribution in [2.75, 3.05) is 25.0 Å². The molecule has 2 heterocycles. The Morgan fingerprint density at radius 1 is 1.26 bits per heavy atom. The molecule has 9 heteroatoms. The molecule has 34 heavy (non-hydrogen) atoms. The van der Waals surface area contributed by atoms with Crippen LogP contribution in [0, 0.1) is 12.8 Å². The number of halogens is 1. The molecule has 1 fully saturated rings. The Bertz CT molecular complexity index is 1180. The van der Waals surface area contributed by atoms with Crippen molar-refractivity contribution < 1.29 is 18.8 Å². The predicted molar refractivity (Wildman–Crippen MR) is 129 cm³/mol. The van der Waals surface area contributed by atoms with Gasteiger partial charge in [0.2, 0.25) is 17.6 Å². The van der Waals surface area contributed by atoms with Gasteiger partial charge in [-0.25, -0.2) is 4.79 Å². The van der Waals surface area contributed by atoms with Crippen molar-refractivity contribution in [3.05, 3.63) is 64.5 Å². The van der Waals surface area contributed by atoms with Gasteiger partial charge in [-0.3, -0.25) is 9.69 Å². The average molecular weight is 483 g/mol. The number of anilines is 1. The first-order valence-corrected chi connectivity index (χ1v) is 11.7. The van der Waals surface area contributed by atoms with E-state index in [2.05, 4.69) is 20.4 Å². The van der Waals surface area contributed by atoms with Crippen molar-refractivity contribution in [2.24, 2.45) is 5.92 Å². The molecule has 1 amide bonds. The van der Waals surface area contributed by atoms with Crippen LogP contribution in [0.2, 0.25) is 5.02 Å². The molecule has 0 radical (unpaired) electrons. The van der Waals surface area contributed by atoms with Crippen molar-refractivity contribution in [1.82, 2.24) is 15.0 Å². The Balaban J connectivity index is 1.36. The van der Waals surface area contributed by atoms with Crippen LogP contribution < -0.4 is 5.32 Å². The summed E-state index contributed by atoms with van der Waals surface area (Å²) in [5, 5.41) is 7.31. The molecule has 0 saturated carbocycles. The lowest BCUT2D eigenvalue weighted by atomic mass is 9.97. The molecule has 1 atom stereocenters. The van der Waals surface area contributed by atoms with Gasteiger partial charge < -0.3 is 14.6 Å². The third kappa shape index (κ3) is 5.63. The number of ether oxygens (including phenoxy) is 1. The molecule has 4 rings (SSSR count). The highest BCUT2D eigenvalue weighted by Gasteiger charge is 2.27. The van der Waals surface area contributed by atoms with Gasteiger partial charge in [0.05, 0.1) is 35.3 Å². The van der Waals surface area contributed by atoms with Crippen LogP contribution in [-0.2, 0) is 16.1 Å². The van der Waals surface area contributed by atoms with Gasteiger partial charge in [-0.15, -0.1) is 0 Å². The fraction of sp³-hybridized carbons (Fsp3) is 0.360. The van der Waals surface area contributed by atoms with Crippen molar-refractivity contribution in [3.63, 3.8) is 0 Å². The number of hydrogen-bond acceptors (Lipinski definition) is 7. The first-order chi connectivity index (χ1) is 16.4. The fourth-order valence-electron chi connectivity index (χ4n) is 4.05. The van der Waals surface area contributed by atoms with Crippen LogP contribution in [0.3, 0.4) is 0 Å². The lowest BCUT2D eigenvalue weighted by molar-refractivity contribution is -0.121. The summed E-state index contributed by atoms with van der Waals surface area (Å²) in [6, 6.07) is 12.6. The zero-order valence-electron chi connectivity index (χ0n) is 19.2. The second kappa shape index (κ2) is 10.8. The van der Waals surface area contributed by atoms with E-state index in [1.165, 1.54) is 6.07 Å². The SMILES string of the molecule is CCOC(=O)c1ccc(NC(=O)C2CCCN(Cc3nc(-c4ccccc4C)no3)C2)c(Cl)c1. The van der Waals surface area contributed by atoms with E-state index < -0.39 is 5.97 Å². The first kappa shape index (κ1) is 23.9. The first-order valence-electron chi connectivity index (χ1n) is 11.3. The topological polar surface area (TPSA) is 97.6 Å². The van der Waals surface area contributed by atoms with Crippen LogP contribution in [0.5, 0.6) is 0 Å². The molecule has 0 spiro atoms. The second-order valence-electron chi connectivity index (χ2n) is 8.31. The number of nitrogens with zero attached hydrogens (tertiary/aromatic N) is 3. The van der Waals surface area contributed by atoms with E-state index in [0.717, 1.165) is 30.5 Å². The number of aromatic nitrogens is 2. The van der Waals surface area contributed by atoms with Gasteiger partial charge in [-0.2, -0.15) is 4.98 Å². The highest BCUT2D eigenvalue weighted by atomic mass is 35.5. The van der Waals surface area contributed by atoms with Crippen LogP contribution in [0.15, 0.2) is 47.0 Å². The number of carbonyl (C=O) groups is 2. The number of likely N-dealkylation sites (tertiary alicyclic amines) is 1. The largest absolute Gasteiger partial charge is 0.462 e. The van der Waals surface area contributed by atoms with Crippen molar-refractivity contribution >= 4 is 29.2 Å². The standard InChI is InChI=1S/C25H27ClN4O4/c1-3-33-25(32)17-10-11-21(20(26)13-17)27-24(31)18-8-6-12-30(14-18)15-22-28-23(29-34-22)19-9-5-4-7-16(19)2/h4-5,7,9-11,13,18H,3,6,8,12,14-15H2,1-2H3,(H,27,31). The van der Waals surface area contributed by atoms with Crippen LogP contribution in [0.25, 0.3) is 11.4 Å². The quantitative estimate of drug-likeness (QED) is 0.486. The number of amides is 1. The van der Waals surface area contributed by atoms with Gasteiger partial charge in [0, 0.05) is 12.1 Å². The molecule has 1 saturated heterocycles. The number of aryl methyl sites for hydroxylation is 1. The highest BCUT2D eigenvalue weighted by molar-refractivity contribution is 6.34. The van der Waals surface area contributed by atoms with Crippen LogP contribution in [0.1, 0.15) is 41.6 Å². The molecule has 1 aliphatic rings. The van der Waals surface area contributed by atoms with E-state index in [4.69, 9.17) is 20.9 Å². The maximum atomic E-state index is 12.9. The van der Waals surface area contributed by atoms with Gasteiger partial charge >= 0.3 is 5.97 Å². The number of hydrogen-bond donors (Lipinski definition) is 1. The van der Waals surface area contributed by atoms with Crippen LogP contribution in [0.4, 0.5) is 5.69 Å². The Hall–Kier alpha value is -3.23. The van der Waals surface area contributed by atoms with Gasteiger partial charge in [0.1, 0.15) is 0 Å². The summed E-state index contributed by atoms with van der Waals surface area (Å²) in [5.74, 6) is 0.337. The summed E-state index contributed by atoms with van der Waals surface area (Å²) in [4.78, 5) is 31.5. The minimum absolute atomic E-state index is 0.110. The fourth-order valence-corrected chi connectivity index (χ4v) is 4.28. The van der Waals surface area contributed by atoms with Gasteiger partial charge in [-0.1, -0.05) is 41.0 Å². The lowest BCUT2D eigenvalue weighted by Gasteiger charge is -2.30. The molecular formula is C25H27ClN4O4. The van der Waals surface area contributed by atoms with E-state index in [0.29, 0.717) is 41.1 Å². The molecule has 2 aromatic carbocycles. The maximum Gasteiger partial charge on any atom is 0.338 e. The third-order valence-electron chi connectivity index (χ3n) is 5.83. The lowest BCUT2D eigenvalue weighted by Crippen LogP contribution is -2.40. The number of esters is 1. The zero-order chi connectivity index (χ0) is 24.1. The Labute approximate surface area is 203 Å². The monoisotopic (exact) mass is 482 g/mol. The van der Waals surface area contributed by atoms with E-state index in [1.54, 1.807) is 19.1 Å². The molecular weight excluding hydrogens is 456 g/mol. The minimum Gasteiger partial charge on any atom is -0.462 e. The number of benzene rings is 2.